The van der Waals surface area contributed by atoms with Gasteiger partial charge in [0.15, 0.2) is 0 Å². The molecule has 0 amide bonds. The fourth-order valence-electron chi connectivity index (χ4n) is 2.58. The highest BCUT2D eigenvalue weighted by atomic mass is 16.5. The quantitative estimate of drug-likeness (QED) is 0.544. The highest BCUT2D eigenvalue weighted by Crippen LogP contribution is 2.33. The molecule has 1 aromatic carbocycles. The third-order valence-electron chi connectivity index (χ3n) is 3.76. The molecule has 118 valence electrons. The van der Waals surface area contributed by atoms with Crippen LogP contribution in [0.5, 0.6) is 0 Å². The predicted molar refractivity (Wildman–Crippen MR) is 89.8 cm³/mol. The maximum Gasteiger partial charge on any atom is 0.331 e. The summed E-state index contributed by atoms with van der Waals surface area (Å²) in [4.78, 5) is 11.8. The van der Waals surface area contributed by atoms with Gasteiger partial charge < -0.3 is 9.15 Å². The Morgan fingerprint density at radius 3 is 2.73 bits per heavy atom. The van der Waals surface area contributed by atoms with Crippen LogP contribution in [0.4, 0.5) is 0 Å². The van der Waals surface area contributed by atoms with Crippen molar-refractivity contribution in [1.29, 1.82) is 0 Å². The van der Waals surface area contributed by atoms with Gasteiger partial charge >= 0.3 is 5.97 Å². The van der Waals surface area contributed by atoms with Crippen LogP contribution in [0.1, 0.15) is 50.0 Å². The third-order valence-corrected chi connectivity index (χ3v) is 3.76. The second kappa shape index (κ2) is 7.30. The first kappa shape index (κ1) is 16.3. The van der Waals surface area contributed by atoms with Crippen molar-refractivity contribution in [3.63, 3.8) is 0 Å². The Labute approximate surface area is 132 Å². The standard InChI is InChI=1S/C19H24O3/c1-5-7-8-15(12-18(20)21-6-2)19-14(4)16-10-9-13(3)11-17(16)22-19/h9-12H,5-8H2,1-4H3/b15-12-. The van der Waals surface area contributed by atoms with E-state index < -0.39 is 0 Å². The van der Waals surface area contributed by atoms with E-state index in [1.807, 2.05) is 26.8 Å². The second-order valence-corrected chi connectivity index (χ2v) is 5.58. The van der Waals surface area contributed by atoms with Gasteiger partial charge in [-0.25, -0.2) is 4.79 Å². The van der Waals surface area contributed by atoms with Gasteiger partial charge in [-0.3, -0.25) is 0 Å². The second-order valence-electron chi connectivity index (χ2n) is 5.58. The molecule has 0 N–H and O–H groups in total. The SMILES string of the molecule is CCCC/C(=C/C(=O)OCC)c1oc2cc(C)ccc2c1C. The molecule has 2 rings (SSSR count). The van der Waals surface area contributed by atoms with Crippen molar-refractivity contribution in [2.24, 2.45) is 0 Å². The molecule has 3 nitrogen and oxygen atoms in total. The number of hydrogen-bond donors (Lipinski definition) is 0. The molecule has 2 aromatic rings. The molecule has 3 heteroatoms. The Kier molecular flexibility index (Phi) is 5.42. The van der Waals surface area contributed by atoms with E-state index in [9.17, 15) is 4.79 Å². The zero-order valence-electron chi connectivity index (χ0n) is 13.9. The van der Waals surface area contributed by atoms with Gasteiger partial charge in [-0.15, -0.1) is 0 Å². The number of carbonyl (C=O) groups excluding carboxylic acids is 1. The number of carbonyl (C=O) groups is 1. The number of allylic oxidation sites excluding steroid dienone is 1. The number of hydrogen-bond acceptors (Lipinski definition) is 3. The number of rotatable bonds is 6. The average molecular weight is 300 g/mol. The molecule has 1 aromatic heterocycles. The molecule has 0 aliphatic rings. The van der Waals surface area contributed by atoms with Gasteiger partial charge in [0.25, 0.3) is 0 Å². The topological polar surface area (TPSA) is 39.4 Å². The Balaban J connectivity index is 2.46. The van der Waals surface area contributed by atoms with E-state index in [0.717, 1.165) is 52.7 Å². The molecular weight excluding hydrogens is 276 g/mol. The van der Waals surface area contributed by atoms with Crippen LogP contribution in [0.3, 0.4) is 0 Å². The molecule has 0 spiro atoms. The minimum atomic E-state index is -0.301. The van der Waals surface area contributed by atoms with Crippen LogP contribution in [0.25, 0.3) is 16.5 Å². The van der Waals surface area contributed by atoms with Crippen LogP contribution >= 0.6 is 0 Å². The molecule has 0 bridgehead atoms. The number of fused-ring (bicyclic) bond motifs is 1. The number of aryl methyl sites for hydroxylation is 2. The molecule has 1 heterocycles. The zero-order chi connectivity index (χ0) is 16.1. The summed E-state index contributed by atoms with van der Waals surface area (Å²) in [6.07, 6.45) is 4.48. The van der Waals surface area contributed by atoms with Crippen molar-refractivity contribution in [2.45, 2.75) is 47.0 Å². The van der Waals surface area contributed by atoms with Crippen molar-refractivity contribution < 1.29 is 13.9 Å². The molecular formula is C19H24O3. The minimum Gasteiger partial charge on any atom is -0.463 e. The fraction of sp³-hybridized carbons (Fsp3) is 0.421. The monoisotopic (exact) mass is 300 g/mol. The summed E-state index contributed by atoms with van der Waals surface area (Å²) in [5, 5.41) is 1.10. The van der Waals surface area contributed by atoms with Gasteiger partial charge in [0, 0.05) is 22.6 Å². The summed E-state index contributed by atoms with van der Waals surface area (Å²) in [6.45, 7) is 8.42. The van der Waals surface area contributed by atoms with Crippen molar-refractivity contribution in [3.8, 4) is 0 Å². The first-order chi connectivity index (χ1) is 10.6. The molecule has 0 aliphatic heterocycles. The first-order valence-electron chi connectivity index (χ1n) is 7.94. The van der Waals surface area contributed by atoms with E-state index in [0.29, 0.717) is 6.61 Å². The molecule has 0 atom stereocenters. The van der Waals surface area contributed by atoms with Crippen LogP contribution in [0.2, 0.25) is 0 Å². The highest BCUT2D eigenvalue weighted by Gasteiger charge is 2.16. The molecule has 22 heavy (non-hydrogen) atoms. The van der Waals surface area contributed by atoms with Crippen LogP contribution in [0, 0.1) is 13.8 Å². The lowest BCUT2D eigenvalue weighted by atomic mass is 10.0. The van der Waals surface area contributed by atoms with Crippen LogP contribution in [-0.2, 0) is 9.53 Å². The molecule has 0 fully saturated rings. The van der Waals surface area contributed by atoms with E-state index in [1.54, 1.807) is 6.08 Å². The lowest BCUT2D eigenvalue weighted by Crippen LogP contribution is -2.01. The number of esters is 1. The maximum absolute atomic E-state index is 11.8. The van der Waals surface area contributed by atoms with E-state index in [-0.39, 0.29) is 5.97 Å². The smallest absolute Gasteiger partial charge is 0.331 e. The van der Waals surface area contributed by atoms with E-state index in [1.165, 1.54) is 0 Å². The molecule has 0 radical (unpaired) electrons. The fourth-order valence-corrected chi connectivity index (χ4v) is 2.58. The maximum atomic E-state index is 11.8. The molecule has 0 saturated carbocycles. The van der Waals surface area contributed by atoms with Gasteiger partial charge in [0.1, 0.15) is 11.3 Å². The number of furan rings is 1. The van der Waals surface area contributed by atoms with Crippen molar-refractivity contribution in [3.05, 3.63) is 41.2 Å². The van der Waals surface area contributed by atoms with E-state index >= 15 is 0 Å². The van der Waals surface area contributed by atoms with E-state index in [4.69, 9.17) is 9.15 Å². The largest absolute Gasteiger partial charge is 0.463 e. The van der Waals surface area contributed by atoms with Crippen molar-refractivity contribution >= 4 is 22.5 Å². The van der Waals surface area contributed by atoms with Gasteiger partial charge in [0.05, 0.1) is 6.61 Å². The Bertz CT molecular complexity index is 692. The Morgan fingerprint density at radius 2 is 2.05 bits per heavy atom. The molecule has 0 aliphatic carbocycles. The first-order valence-corrected chi connectivity index (χ1v) is 7.94. The highest BCUT2D eigenvalue weighted by molar-refractivity contribution is 5.94. The summed E-state index contributed by atoms with van der Waals surface area (Å²) in [7, 11) is 0. The van der Waals surface area contributed by atoms with Gasteiger partial charge in [-0.2, -0.15) is 0 Å². The lowest BCUT2D eigenvalue weighted by Gasteiger charge is -2.05. The number of benzene rings is 1. The lowest BCUT2D eigenvalue weighted by molar-refractivity contribution is -0.137. The minimum absolute atomic E-state index is 0.301. The third kappa shape index (κ3) is 3.59. The Hall–Kier alpha value is -2.03. The summed E-state index contributed by atoms with van der Waals surface area (Å²) in [6, 6.07) is 6.19. The van der Waals surface area contributed by atoms with Gasteiger partial charge in [-0.1, -0.05) is 25.5 Å². The summed E-state index contributed by atoms with van der Waals surface area (Å²) < 4.78 is 11.1. The summed E-state index contributed by atoms with van der Waals surface area (Å²) in [5.41, 5.74) is 4.05. The summed E-state index contributed by atoms with van der Waals surface area (Å²) in [5.74, 6) is 0.506. The predicted octanol–water partition coefficient (Wildman–Crippen LogP) is 5.19. The van der Waals surface area contributed by atoms with Crippen molar-refractivity contribution in [1.82, 2.24) is 0 Å². The van der Waals surface area contributed by atoms with Crippen LogP contribution in [0.15, 0.2) is 28.7 Å². The molecule has 0 saturated heterocycles. The normalized spacial score (nSPS) is 11.9. The number of ether oxygens (including phenoxy) is 1. The van der Waals surface area contributed by atoms with Crippen molar-refractivity contribution in [2.75, 3.05) is 6.61 Å². The van der Waals surface area contributed by atoms with E-state index in [2.05, 4.69) is 19.1 Å². The van der Waals surface area contributed by atoms with Crippen LogP contribution in [-0.4, -0.2) is 12.6 Å². The zero-order valence-corrected chi connectivity index (χ0v) is 13.9. The summed E-state index contributed by atoms with van der Waals surface area (Å²) >= 11 is 0. The molecule has 0 unspecified atom stereocenters. The van der Waals surface area contributed by atoms with Gasteiger partial charge in [0.2, 0.25) is 0 Å². The Morgan fingerprint density at radius 1 is 1.27 bits per heavy atom. The van der Waals surface area contributed by atoms with Gasteiger partial charge in [-0.05, 0) is 45.2 Å². The average Bonchev–Trinajstić information content (AvgIpc) is 2.80. The number of unbranched alkanes of at least 4 members (excludes halogenated alkanes) is 1. The van der Waals surface area contributed by atoms with Crippen LogP contribution < -0.4 is 0 Å².